The van der Waals surface area contributed by atoms with Gasteiger partial charge in [-0.2, -0.15) is 0 Å². The lowest BCUT2D eigenvalue weighted by atomic mass is 10.1. The Hall–Kier alpha value is -1.92. The maximum atomic E-state index is 11.6. The topological polar surface area (TPSA) is 76.1 Å². The molecule has 0 aliphatic carbocycles. The van der Waals surface area contributed by atoms with E-state index in [0.29, 0.717) is 12.2 Å². The van der Waals surface area contributed by atoms with Crippen LogP contribution >= 0.6 is 0 Å². The highest BCUT2D eigenvalue weighted by Crippen LogP contribution is 2.19. The third-order valence-electron chi connectivity index (χ3n) is 3.15. The van der Waals surface area contributed by atoms with Crippen LogP contribution in [0.3, 0.4) is 0 Å². The number of ether oxygens (including phenoxy) is 2. The third kappa shape index (κ3) is 4.03. The van der Waals surface area contributed by atoms with Crippen LogP contribution in [-0.4, -0.2) is 48.2 Å². The van der Waals surface area contributed by atoms with Crippen molar-refractivity contribution in [1.29, 1.82) is 0 Å². The summed E-state index contributed by atoms with van der Waals surface area (Å²) in [4.78, 5) is 24.2. The van der Waals surface area contributed by atoms with Gasteiger partial charge >= 0.3 is 0 Å². The highest BCUT2D eigenvalue weighted by molar-refractivity contribution is 5.98. The minimum Gasteiger partial charge on any atom is -0.494 e. The zero-order valence-electron chi connectivity index (χ0n) is 11.9. The molecule has 0 aromatic heterocycles. The molecular formula is C15H19NO5. The van der Waals surface area contributed by atoms with Crippen LogP contribution in [0.1, 0.15) is 25.0 Å². The molecule has 0 radical (unpaired) electrons. The van der Waals surface area contributed by atoms with Crippen molar-refractivity contribution in [3.63, 3.8) is 0 Å². The summed E-state index contributed by atoms with van der Waals surface area (Å²) in [5, 5.41) is 10.1. The van der Waals surface area contributed by atoms with E-state index in [4.69, 9.17) is 9.47 Å². The first-order chi connectivity index (χ1) is 10.1. The fourth-order valence-electron chi connectivity index (χ4n) is 2.01. The van der Waals surface area contributed by atoms with Gasteiger partial charge in [0.05, 0.1) is 19.3 Å². The molecule has 1 unspecified atom stereocenters. The van der Waals surface area contributed by atoms with Crippen LogP contribution in [0.2, 0.25) is 0 Å². The smallest absolute Gasteiger partial charge is 0.255 e. The van der Waals surface area contributed by atoms with Gasteiger partial charge in [0.15, 0.2) is 0 Å². The van der Waals surface area contributed by atoms with Gasteiger partial charge in [0, 0.05) is 0 Å². The summed E-state index contributed by atoms with van der Waals surface area (Å²) in [6.07, 6.45) is 0.00209. The summed E-state index contributed by atoms with van der Waals surface area (Å²) >= 11 is 0. The first kappa shape index (κ1) is 15.5. The predicted molar refractivity (Wildman–Crippen MR) is 74.7 cm³/mol. The largest absolute Gasteiger partial charge is 0.494 e. The van der Waals surface area contributed by atoms with Crippen LogP contribution in [0.15, 0.2) is 24.3 Å². The van der Waals surface area contributed by atoms with Crippen LogP contribution in [0.25, 0.3) is 0 Å². The highest BCUT2D eigenvalue weighted by atomic mass is 16.5. The number of β-amino-alcohol motifs (C(OH)–C–C–N with tert-alkyl or cyclic N) is 1. The molecule has 1 aromatic carbocycles. The number of benzene rings is 1. The van der Waals surface area contributed by atoms with Crippen molar-refractivity contribution in [2.45, 2.75) is 19.4 Å². The van der Waals surface area contributed by atoms with E-state index < -0.39 is 17.9 Å². The van der Waals surface area contributed by atoms with Gasteiger partial charge < -0.3 is 14.6 Å². The fraction of sp³-hybridized carbons (Fsp3) is 0.467. The summed E-state index contributed by atoms with van der Waals surface area (Å²) in [5.74, 6) is -0.118. The zero-order chi connectivity index (χ0) is 15.2. The van der Waals surface area contributed by atoms with E-state index in [9.17, 15) is 14.7 Å². The molecule has 0 bridgehead atoms. The van der Waals surface area contributed by atoms with Gasteiger partial charge in [0.2, 0.25) is 0 Å². The number of carbonyl (C=O) groups excluding carboxylic acids is 2. The molecule has 6 heteroatoms. The zero-order valence-corrected chi connectivity index (χ0v) is 11.9. The second-order valence-electron chi connectivity index (χ2n) is 4.82. The molecule has 1 aliphatic rings. The van der Waals surface area contributed by atoms with Gasteiger partial charge in [0.1, 0.15) is 19.0 Å². The molecule has 1 atom stereocenters. The van der Waals surface area contributed by atoms with E-state index in [-0.39, 0.29) is 19.8 Å². The van der Waals surface area contributed by atoms with Crippen molar-refractivity contribution in [3.05, 3.63) is 29.8 Å². The van der Waals surface area contributed by atoms with Crippen LogP contribution in [-0.2, 0) is 14.3 Å². The third-order valence-corrected chi connectivity index (χ3v) is 3.15. The summed E-state index contributed by atoms with van der Waals surface area (Å²) in [5.41, 5.74) is 0.631. The van der Waals surface area contributed by atoms with E-state index in [1.165, 1.54) is 0 Å². The predicted octanol–water partition coefficient (Wildman–Crippen LogP) is 0.894. The van der Waals surface area contributed by atoms with E-state index in [1.807, 2.05) is 6.92 Å². The minimum absolute atomic E-state index is 0.0593. The SMILES string of the molecule is CCCOc1ccc(C(O)CN2C(=O)COCC2=O)cc1. The quantitative estimate of drug-likeness (QED) is 0.788. The summed E-state index contributed by atoms with van der Waals surface area (Å²) < 4.78 is 10.3. The Morgan fingerprint density at radius 2 is 1.86 bits per heavy atom. The van der Waals surface area contributed by atoms with Gasteiger partial charge in [-0.05, 0) is 24.1 Å². The number of aliphatic hydroxyl groups excluding tert-OH is 1. The lowest BCUT2D eigenvalue weighted by Crippen LogP contribution is -2.47. The Labute approximate surface area is 123 Å². The molecule has 1 aliphatic heterocycles. The summed E-state index contributed by atoms with van der Waals surface area (Å²) in [6.45, 7) is 2.36. The number of hydrogen-bond acceptors (Lipinski definition) is 5. The maximum Gasteiger partial charge on any atom is 0.255 e. The molecule has 1 N–H and O–H groups in total. The number of imide groups is 1. The van der Waals surface area contributed by atoms with Crippen molar-refractivity contribution in [3.8, 4) is 5.75 Å². The average Bonchev–Trinajstić information content (AvgIpc) is 2.49. The van der Waals surface area contributed by atoms with Gasteiger partial charge in [-0.1, -0.05) is 19.1 Å². The molecule has 0 saturated carbocycles. The number of morpholine rings is 1. The van der Waals surface area contributed by atoms with E-state index in [0.717, 1.165) is 17.1 Å². The second kappa shape index (κ2) is 7.19. The molecule has 2 amide bonds. The number of amides is 2. The Bertz CT molecular complexity index is 483. The Morgan fingerprint density at radius 3 is 2.43 bits per heavy atom. The molecule has 21 heavy (non-hydrogen) atoms. The van der Waals surface area contributed by atoms with E-state index in [1.54, 1.807) is 24.3 Å². The number of rotatable bonds is 6. The molecule has 6 nitrogen and oxygen atoms in total. The fourth-order valence-corrected chi connectivity index (χ4v) is 2.01. The molecular weight excluding hydrogens is 274 g/mol. The van der Waals surface area contributed by atoms with Crippen LogP contribution in [0.5, 0.6) is 5.75 Å². The first-order valence-corrected chi connectivity index (χ1v) is 6.93. The lowest BCUT2D eigenvalue weighted by molar-refractivity contribution is -0.160. The second-order valence-corrected chi connectivity index (χ2v) is 4.82. The standard InChI is InChI=1S/C15H19NO5/c1-2-7-21-12-5-3-11(4-6-12)13(17)8-16-14(18)9-20-10-15(16)19/h3-6,13,17H,2,7-10H2,1H3. The summed E-state index contributed by atoms with van der Waals surface area (Å²) in [6, 6.07) is 6.98. The number of carbonyl (C=O) groups is 2. The molecule has 2 rings (SSSR count). The van der Waals surface area contributed by atoms with Crippen LogP contribution in [0, 0.1) is 0 Å². The minimum atomic E-state index is -0.920. The van der Waals surface area contributed by atoms with Crippen molar-refractivity contribution >= 4 is 11.8 Å². The van der Waals surface area contributed by atoms with E-state index in [2.05, 4.69) is 0 Å². The number of nitrogens with zero attached hydrogens (tertiary/aromatic N) is 1. The highest BCUT2D eigenvalue weighted by Gasteiger charge is 2.28. The van der Waals surface area contributed by atoms with Crippen LogP contribution in [0.4, 0.5) is 0 Å². The normalized spacial score (nSPS) is 17.0. The Morgan fingerprint density at radius 1 is 1.24 bits per heavy atom. The number of hydrogen-bond donors (Lipinski definition) is 1. The molecule has 1 heterocycles. The maximum absolute atomic E-state index is 11.6. The molecule has 1 fully saturated rings. The monoisotopic (exact) mass is 293 g/mol. The van der Waals surface area contributed by atoms with Gasteiger partial charge in [-0.15, -0.1) is 0 Å². The Kier molecular flexibility index (Phi) is 5.30. The van der Waals surface area contributed by atoms with Gasteiger partial charge in [0.25, 0.3) is 11.8 Å². The summed E-state index contributed by atoms with van der Waals surface area (Å²) in [7, 11) is 0. The van der Waals surface area contributed by atoms with Gasteiger partial charge in [-0.3, -0.25) is 14.5 Å². The van der Waals surface area contributed by atoms with Crippen molar-refractivity contribution in [2.24, 2.45) is 0 Å². The molecule has 114 valence electrons. The molecule has 1 saturated heterocycles. The van der Waals surface area contributed by atoms with Gasteiger partial charge in [-0.25, -0.2) is 0 Å². The Balaban J connectivity index is 1.97. The molecule has 0 spiro atoms. The average molecular weight is 293 g/mol. The first-order valence-electron chi connectivity index (χ1n) is 6.93. The molecule has 1 aromatic rings. The van der Waals surface area contributed by atoms with Crippen molar-refractivity contribution in [2.75, 3.05) is 26.4 Å². The van der Waals surface area contributed by atoms with Crippen molar-refractivity contribution < 1.29 is 24.2 Å². The van der Waals surface area contributed by atoms with Crippen molar-refractivity contribution in [1.82, 2.24) is 4.90 Å². The van der Waals surface area contributed by atoms with Crippen LogP contribution < -0.4 is 4.74 Å². The number of aliphatic hydroxyl groups is 1. The van der Waals surface area contributed by atoms with E-state index >= 15 is 0 Å². The lowest BCUT2D eigenvalue weighted by Gasteiger charge is -2.27.